The van der Waals surface area contributed by atoms with E-state index in [9.17, 15) is 4.57 Å². The first-order valence-corrected chi connectivity index (χ1v) is 10.2. The molecule has 2 aliphatic heterocycles. The third-order valence-corrected chi connectivity index (χ3v) is 5.02. The van der Waals surface area contributed by atoms with Crippen LogP contribution in [0.15, 0.2) is 0 Å². The molecule has 2 aliphatic rings. The highest BCUT2D eigenvalue weighted by molar-refractivity contribution is 7.51. The molecule has 5 unspecified atom stereocenters. The van der Waals surface area contributed by atoms with Crippen molar-refractivity contribution in [1.82, 2.24) is 0 Å². The summed E-state index contributed by atoms with van der Waals surface area (Å²) in [7, 11) is -3.42. The molecule has 0 aromatic carbocycles. The summed E-state index contributed by atoms with van der Waals surface area (Å²) in [5, 5.41) is 0. The van der Waals surface area contributed by atoms with E-state index >= 15 is 0 Å². The average Bonchev–Trinajstić information content (AvgIpc) is 2.98. The number of rotatable bonds is 8. The molecular formula is C15H29O6P. The Morgan fingerprint density at radius 1 is 1.18 bits per heavy atom. The van der Waals surface area contributed by atoms with Crippen LogP contribution in [0.5, 0.6) is 0 Å². The quantitative estimate of drug-likeness (QED) is 0.542. The van der Waals surface area contributed by atoms with Gasteiger partial charge in [0.25, 0.3) is 0 Å². The van der Waals surface area contributed by atoms with E-state index in [1.807, 2.05) is 6.92 Å². The summed E-state index contributed by atoms with van der Waals surface area (Å²) < 4.78 is 33.3. The van der Waals surface area contributed by atoms with Crippen molar-refractivity contribution in [3.63, 3.8) is 0 Å². The summed E-state index contributed by atoms with van der Waals surface area (Å²) in [6.45, 7) is 6.88. The molecule has 0 saturated carbocycles. The molecule has 7 heteroatoms. The lowest BCUT2D eigenvalue weighted by Gasteiger charge is -2.15. The molecule has 1 N–H and O–H groups in total. The van der Waals surface area contributed by atoms with Gasteiger partial charge in [-0.1, -0.05) is 0 Å². The van der Waals surface area contributed by atoms with Crippen LogP contribution in [0, 0.1) is 5.92 Å². The summed E-state index contributed by atoms with van der Waals surface area (Å²) in [6, 6.07) is 0. The molecule has 0 bridgehead atoms. The van der Waals surface area contributed by atoms with Crippen LogP contribution in [0.2, 0.25) is 0 Å². The zero-order valence-electron chi connectivity index (χ0n) is 13.8. The summed E-state index contributed by atoms with van der Waals surface area (Å²) in [5.74, 6) is 0.409. The van der Waals surface area contributed by atoms with Gasteiger partial charge >= 0.3 is 7.60 Å². The Hall–Kier alpha value is 0.0300. The van der Waals surface area contributed by atoms with Gasteiger partial charge in [0.15, 0.2) is 0 Å². The zero-order valence-corrected chi connectivity index (χ0v) is 14.7. The second kappa shape index (κ2) is 8.22. The molecular weight excluding hydrogens is 307 g/mol. The van der Waals surface area contributed by atoms with Gasteiger partial charge in [-0.3, -0.25) is 4.57 Å². The molecule has 0 radical (unpaired) electrons. The van der Waals surface area contributed by atoms with Gasteiger partial charge in [-0.2, -0.15) is 0 Å². The first-order chi connectivity index (χ1) is 10.3. The summed E-state index contributed by atoms with van der Waals surface area (Å²) in [6.07, 6.45) is 4.63. The van der Waals surface area contributed by atoms with Gasteiger partial charge in [0, 0.05) is 13.3 Å². The largest absolute Gasteiger partial charge is 0.379 e. The van der Waals surface area contributed by atoms with Crippen molar-refractivity contribution in [1.29, 1.82) is 0 Å². The Morgan fingerprint density at radius 2 is 1.95 bits per heavy atom. The van der Waals surface area contributed by atoms with E-state index in [0.717, 1.165) is 25.7 Å². The van der Waals surface area contributed by atoms with Crippen molar-refractivity contribution in [3.8, 4) is 0 Å². The third kappa shape index (κ3) is 6.26. The Kier molecular flexibility index (Phi) is 6.87. The van der Waals surface area contributed by atoms with Gasteiger partial charge in [0.05, 0.1) is 37.6 Å². The van der Waals surface area contributed by atoms with Gasteiger partial charge in [-0.25, -0.2) is 0 Å². The van der Waals surface area contributed by atoms with Crippen molar-refractivity contribution < 1.29 is 28.2 Å². The molecule has 2 fully saturated rings. The summed E-state index contributed by atoms with van der Waals surface area (Å²) >= 11 is 0. The third-order valence-electron chi connectivity index (χ3n) is 4.39. The smallest absolute Gasteiger partial charge is 0.325 e. The van der Waals surface area contributed by atoms with E-state index < -0.39 is 7.60 Å². The minimum atomic E-state index is -3.42. The molecule has 130 valence electrons. The molecule has 2 rings (SSSR count). The fourth-order valence-electron chi connectivity index (χ4n) is 3.14. The van der Waals surface area contributed by atoms with Crippen molar-refractivity contribution in [2.24, 2.45) is 5.92 Å². The molecule has 0 spiro atoms. The van der Waals surface area contributed by atoms with Crippen molar-refractivity contribution in [2.45, 2.75) is 63.9 Å². The van der Waals surface area contributed by atoms with Gasteiger partial charge in [0.2, 0.25) is 0 Å². The second-order valence-corrected chi connectivity index (χ2v) is 8.43. The topological polar surface area (TPSA) is 74.2 Å². The SMILES string of the molecule is CC1CCC(COCC[C@@H]2CC(COP(C)(=O)O)OC2C)O1. The number of hydrogen-bond acceptors (Lipinski definition) is 5. The van der Waals surface area contributed by atoms with Crippen molar-refractivity contribution >= 4 is 7.60 Å². The van der Waals surface area contributed by atoms with E-state index in [-0.39, 0.29) is 24.9 Å². The molecule has 0 aromatic heterocycles. The molecule has 0 aliphatic carbocycles. The van der Waals surface area contributed by atoms with Crippen LogP contribution in [0.1, 0.15) is 39.5 Å². The molecule has 0 amide bonds. The predicted molar refractivity (Wildman–Crippen MR) is 83.1 cm³/mol. The number of hydrogen-bond donors (Lipinski definition) is 1. The molecule has 0 aromatic rings. The Balaban J connectivity index is 1.59. The van der Waals surface area contributed by atoms with Crippen LogP contribution in [-0.2, 0) is 23.3 Å². The highest BCUT2D eigenvalue weighted by atomic mass is 31.2. The Bertz CT molecular complexity index is 384. The minimum absolute atomic E-state index is 0.0977. The van der Waals surface area contributed by atoms with E-state index in [1.165, 1.54) is 6.66 Å². The molecule has 22 heavy (non-hydrogen) atoms. The maximum Gasteiger partial charge on any atom is 0.325 e. The van der Waals surface area contributed by atoms with Crippen LogP contribution in [0.3, 0.4) is 0 Å². The van der Waals surface area contributed by atoms with Gasteiger partial charge in [-0.05, 0) is 45.4 Å². The molecule has 6 nitrogen and oxygen atoms in total. The van der Waals surface area contributed by atoms with Crippen LogP contribution >= 0.6 is 7.60 Å². The van der Waals surface area contributed by atoms with Crippen molar-refractivity contribution in [3.05, 3.63) is 0 Å². The molecule has 2 saturated heterocycles. The van der Waals surface area contributed by atoms with Crippen LogP contribution in [-0.4, -0.2) is 55.8 Å². The first kappa shape index (κ1) is 18.4. The highest BCUT2D eigenvalue weighted by Gasteiger charge is 2.33. The monoisotopic (exact) mass is 336 g/mol. The van der Waals surface area contributed by atoms with E-state index in [2.05, 4.69) is 6.92 Å². The lowest BCUT2D eigenvalue weighted by Crippen LogP contribution is -2.18. The normalized spacial score (nSPS) is 38.3. The standard InChI is InChI=1S/C15H29O6P/c1-11-4-5-14(20-11)9-18-7-6-13-8-15(21-12(13)2)10-19-22(3,16)17/h11-15H,4-10H2,1-3H3,(H,16,17)/t11?,12?,13-,14?,15?/m1/s1. The van der Waals surface area contributed by atoms with E-state index in [1.54, 1.807) is 0 Å². The summed E-state index contributed by atoms with van der Waals surface area (Å²) in [4.78, 5) is 9.15. The van der Waals surface area contributed by atoms with E-state index in [0.29, 0.717) is 25.2 Å². The maximum absolute atomic E-state index is 11.1. The Morgan fingerprint density at radius 3 is 2.59 bits per heavy atom. The fraction of sp³-hybridized carbons (Fsp3) is 1.00. The average molecular weight is 336 g/mol. The van der Waals surface area contributed by atoms with Crippen LogP contribution < -0.4 is 0 Å². The van der Waals surface area contributed by atoms with E-state index in [4.69, 9.17) is 23.6 Å². The Labute approximate surface area is 133 Å². The second-order valence-electron chi connectivity index (χ2n) is 6.57. The van der Waals surface area contributed by atoms with Crippen molar-refractivity contribution in [2.75, 3.05) is 26.5 Å². The lowest BCUT2D eigenvalue weighted by atomic mass is 9.97. The molecule has 6 atom stereocenters. The summed E-state index contributed by atoms with van der Waals surface area (Å²) in [5.41, 5.74) is 0. The zero-order chi connectivity index (χ0) is 16.2. The molecule has 2 heterocycles. The van der Waals surface area contributed by atoms with Gasteiger partial charge in [-0.15, -0.1) is 0 Å². The minimum Gasteiger partial charge on any atom is -0.379 e. The van der Waals surface area contributed by atoms with Gasteiger partial charge < -0.3 is 23.6 Å². The maximum atomic E-state index is 11.1. The first-order valence-electron chi connectivity index (χ1n) is 8.17. The van der Waals surface area contributed by atoms with Gasteiger partial charge in [0.1, 0.15) is 0 Å². The fourth-order valence-corrected chi connectivity index (χ4v) is 3.58. The van der Waals surface area contributed by atoms with Crippen LogP contribution in [0.4, 0.5) is 0 Å². The number of ether oxygens (including phenoxy) is 3. The highest BCUT2D eigenvalue weighted by Crippen LogP contribution is 2.38. The predicted octanol–water partition coefficient (Wildman–Crippen LogP) is 2.59. The lowest BCUT2D eigenvalue weighted by molar-refractivity contribution is -0.0151. The van der Waals surface area contributed by atoms with Crippen LogP contribution in [0.25, 0.3) is 0 Å².